The smallest absolute Gasteiger partial charge is 0.119 e. The molecule has 0 N–H and O–H groups in total. The van der Waals surface area contributed by atoms with Gasteiger partial charge in [0.1, 0.15) is 24.7 Å². The Kier molecular flexibility index (Phi) is 16.1. The molecule has 0 heterocycles. The first kappa shape index (κ1) is 62.9. The van der Waals surface area contributed by atoms with Gasteiger partial charge in [-0.2, -0.15) is 0 Å². The van der Waals surface area contributed by atoms with E-state index in [1.54, 1.807) is 0 Å². The van der Waals surface area contributed by atoms with Crippen LogP contribution in [0.3, 0.4) is 0 Å². The fourth-order valence-electron chi connectivity index (χ4n) is 16.3. The van der Waals surface area contributed by atoms with Crippen LogP contribution in [0.25, 0.3) is 67.1 Å². The van der Waals surface area contributed by atoms with Crippen molar-refractivity contribution >= 4 is 67.8 Å². The number of hydrogen-bond donors (Lipinski definition) is 0. The molecule has 0 bridgehead atoms. The van der Waals surface area contributed by atoms with E-state index in [1.807, 2.05) is 12.2 Å². The van der Waals surface area contributed by atoms with E-state index in [2.05, 4.69) is 399 Å². The summed E-state index contributed by atoms with van der Waals surface area (Å²) in [6, 6.07) is 138. The standard InChI is InChI=1S/C100H72N2O2/c1-3-69-31-35-71(36-32-69)67-103-89-57-47-79(48-58-89)99(81-45-39-73-19-11-13-21-77(73)63-81)95-29-17-15-27-91(95)93-61-55-87(65-97(93)99)101(83-23-7-5-8-24-83)85-51-41-75(42-52-85)76-43-53-86(54-44-76)102(84-25-9-6-10-26-84)88-56-62-94-92-28-16-18-30-96(92)100(98(94)66-88,82-46-40-74-20-12-14-22-78(74)64-82)80-49-59-90(60-50-80)104-68-72-37-33-70(4-2)34-38-72/h3-66H,1-2,67-68H2. The maximum atomic E-state index is 6.49. The van der Waals surface area contributed by atoms with Gasteiger partial charge in [-0.05, 0) is 231 Å². The summed E-state index contributed by atoms with van der Waals surface area (Å²) in [5.41, 5.74) is 26.1. The van der Waals surface area contributed by atoms with Crippen molar-refractivity contribution < 1.29 is 9.47 Å². The molecule has 0 saturated carbocycles. The number of para-hydroxylation sites is 2. The third-order valence-electron chi connectivity index (χ3n) is 21.4. The second kappa shape index (κ2) is 26.7. The quantitative estimate of drug-likeness (QED) is 0.0806. The van der Waals surface area contributed by atoms with Gasteiger partial charge in [-0.3, -0.25) is 0 Å². The van der Waals surface area contributed by atoms with Crippen LogP contribution >= 0.6 is 0 Å². The van der Waals surface area contributed by atoms with Crippen LogP contribution in [-0.2, 0) is 24.0 Å². The largest absolute Gasteiger partial charge is 0.489 e. The fraction of sp³-hybridized carbons (Fsp3) is 0.0400. The maximum Gasteiger partial charge on any atom is 0.119 e. The second-order valence-corrected chi connectivity index (χ2v) is 27.1. The Morgan fingerprint density at radius 3 is 0.971 bits per heavy atom. The number of hydrogen-bond acceptors (Lipinski definition) is 4. The molecule has 494 valence electrons. The Bertz CT molecular complexity index is 5510. The summed E-state index contributed by atoms with van der Waals surface area (Å²) in [6.07, 6.45) is 3.73. The van der Waals surface area contributed by atoms with Crippen LogP contribution < -0.4 is 19.3 Å². The van der Waals surface area contributed by atoms with E-state index in [0.29, 0.717) is 13.2 Å². The highest BCUT2D eigenvalue weighted by Gasteiger charge is 2.48. The lowest BCUT2D eigenvalue weighted by molar-refractivity contribution is 0.306. The van der Waals surface area contributed by atoms with Crippen LogP contribution in [0, 0.1) is 0 Å². The van der Waals surface area contributed by atoms with E-state index in [9.17, 15) is 0 Å². The molecule has 0 aliphatic heterocycles. The number of benzene rings is 16. The van der Waals surface area contributed by atoms with Gasteiger partial charge in [0.2, 0.25) is 0 Å². The van der Waals surface area contributed by atoms with Crippen LogP contribution in [-0.4, -0.2) is 0 Å². The number of fused-ring (bicyclic) bond motifs is 8. The zero-order valence-corrected chi connectivity index (χ0v) is 57.5. The molecule has 104 heavy (non-hydrogen) atoms. The first-order valence-corrected chi connectivity index (χ1v) is 35.7. The minimum absolute atomic E-state index is 0.462. The molecular weight excluding hydrogens is 1260 g/mol. The van der Waals surface area contributed by atoms with E-state index in [0.717, 1.165) is 90.1 Å². The summed E-state index contributed by atoms with van der Waals surface area (Å²) >= 11 is 0. The highest BCUT2D eigenvalue weighted by atomic mass is 16.5. The molecule has 0 saturated heterocycles. The lowest BCUT2D eigenvalue weighted by Gasteiger charge is -2.35. The zero-order valence-electron chi connectivity index (χ0n) is 57.5. The normalized spacial score (nSPS) is 14.6. The van der Waals surface area contributed by atoms with Gasteiger partial charge in [-0.1, -0.05) is 292 Å². The molecule has 2 aliphatic rings. The average Bonchev–Trinajstić information content (AvgIpc) is 1.53. The highest BCUT2D eigenvalue weighted by Crippen LogP contribution is 2.60. The lowest BCUT2D eigenvalue weighted by atomic mass is 9.67. The van der Waals surface area contributed by atoms with Gasteiger partial charge in [-0.25, -0.2) is 0 Å². The first-order chi connectivity index (χ1) is 51.4. The van der Waals surface area contributed by atoms with Crippen molar-refractivity contribution in [2.45, 2.75) is 24.0 Å². The summed E-state index contributed by atoms with van der Waals surface area (Å²) in [4.78, 5) is 4.80. The summed E-state index contributed by atoms with van der Waals surface area (Å²) in [6.45, 7) is 8.79. The summed E-state index contributed by atoms with van der Waals surface area (Å²) in [5, 5.41) is 4.80. The van der Waals surface area contributed by atoms with Crippen molar-refractivity contribution in [1.29, 1.82) is 0 Å². The van der Waals surface area contributed by atoms with E-state index >= 15 is 0 Å². The number of ether oxygens (including phenoxy) is 2. The molecule has 0 aromatic heterocycles. The number of anilines is 6. The number of nitrogens with zero attached hydrogens (tertiary/aromatic N) is 2. The van der Waals surface area contributed by atoms with Gasteiger partial charge in [-0.15, -0.1) is 0 Å². The van der Waals surface area contributed by atoms with Crippen LogP contribution in [0.15, 0.2) is 389 Å². The molecule has 0 radical (unpaired) electrons. The van der Waals surface area contributed by atoms with Crippen molar-refractivity contribution in [2.24, 2.45) is 0 Å². The SMILES string of the molecule is C=Cc1ccc(COc2ccc(C3(c4ccc5ccccc5c4)c4ccccc4-c4ccc(N(c5ccccc5)c5ccc(-c6ccc(N(c7ccccc7)c7ccc8c(c7)C(c7ccc(OCc9ccc(C=C)cc9)cc7)(c7ccc9ccccc9c7)c7ccccc7-8)cc6)cc5)cc43)cc2)cc1. The molecule has 16 aromatic carbocycles. The molecule has 0 fully saturated rings. The molecule has 4 heteroatoms. The Morgan fingerprint density at radius 1 is 0.250 bits per heavy atom. The molecule has 0 spiro atoms. The maximum absolute atomic E-state index is 6.49. The van der Waals surface area contributed by atoms with Crippen molar-refractivity contribution in [1.82, 2.24) is 0 Å². The molecule has 16 aromatic rings. The highest BCUT2D eigenvalue weighted by molar-refractivity contribution is 5.94. The summed E-state index contributed by atoms with van der Waals surface area (Å²) in [5.74, 6) is 1.63. The molecular formula is C100H72N2O2. The van der Waals surface area contributed by atoms with Crippen LogP contribution in [0.4, 0.5) is 34.1 Å². The van der Waals surface area contributed by atoms with Crippen molar-refractivity contribution in [3.8, 4) is 44.9 Å². The summed E-state index contributed by atoms with van der Waals surface area (Å²) < 4.78 is 13.0. The van der Waals surface area contributed by atoms with Crippen LogP contribution in [0.2, 0.25) is 0 Å². The van der Waals surface area contributed by atoms with Crippen molar-refractivity contribution in [3.05, 3.63) is 456 Å². The molecule has 4 nitrogen and oxygen atoms in total. The Morgan fingerprint density at radius 2 is 0.577 bits per heavy atom. The molecule has 2 atom stereocenters. The molecule has 18 rings (SSSR count). The van der Waals surface area contributed by atoms with Gasteiger partial charge in [0.05, 0.1) is 10.8 Å². The van der Waals surface area contributed by atoms with Crippen molar-refractivity contribution in [2.75, 3.05) is 9.80 Å². The van der Waals surface area contributed by atoms with Crippen LogP contribution in [0.1, 0.15) is 66.8 Å². The molecule has 2 aliphatic carbocycles. The topological polar surface area (TPSA) is 24.9 Å². The zero-order chi connectivity index (χ0) is 69.6. The minimum Gasteiger partial charge on any atom is -0.489 e. The Balaban J connectivity index is 0.703. The second-order valence-electron chi connectivity index (χ2n) is 27.1. The predicted molar refractivity (Wildman–Crippen MR) is 433 cm³/mol. The van der Waals surface area contributed by atoms with E-state index in [-0.39, 0.29) is 0 Å². The summed E-state index contributed by atoms with van der Waals surface area (Å²) in [7, 11) is 0. The monoisotopic (exact) mass is 1330 g/mol. The van der Waals surface area contributed by atoms with Crippen LogP contribution in [0.5, 0.6) is 11.5 Å². The predicted octanol–water partition coefficient (Wildman–Crippen LogP) is 25.8. The Hall–Kier alpha value is -13.3. The fourth-order valence-corrected chi connectivity index (χ4v) is 16.3. The van der Waals surface area contributed by atoms with Gasteiger partial charge in [0.15, 0.2) is 0 Å². The van der Waals surface area contributed by atoms with E-state index in [1.165, 1.54) is 77.2 Å². The van der Waals surface area contributed by atoms with E-state index in [4.69, 9.17) is 9.47 Å². The molecule has 0 amide bonds. The number of rotatable bonds is 19. The average molecular weight is 1330 g/mol. The third kappa shape index (κ3) is 11.0. The van der Waals surface area contributed by atoms with E-state index < -0.39 is 10.8 Å². The van der Waals surface area contributed by atoms with Gasteiger partial charge >= 0.3 is 0 Å². The van der Waals surface area contributed by atoms with Gasteiger partial charge in [0, 0.05) is 34.1 Å². The lowest BCUT2D eigenvalue weighted by Crippen LogP contribution is -2.29. The molecule has 2 unspecified atom stereocenters. The Labute approximate surface area is 608 Å². The van der Waals surface area contributed by atoms with Crippen molar-refractivity contribution in [3.63, 3.8) is 0 Å². The third-order valence-corrected chi connectivity index (χ3v) is 21.4. The minimum atomic E-state index is -0.682. The van der Waals surface area contributed by atoms with Gasteiger partial charge < -0.3 is 19.3 Å². The van der Waals surface area contributed by atoms with Gasteiger partial charge in [0.25, 0.3) is 0 Å². The first-order valence-electron chi connectivity index (χ1n) is 35.7.